The first-order valence-electron chi connectivity index (χ1n) is 16.4. The maximum atomic E-state index is 2.60. The molecule has 0 unspecified atom stereocenters. The van der Waals surface area contributed by atoms with E-state index in [0.717, 1.165) is 7.35 Å². The molecule has 4 aliphatic rings. The van der Waals surface area contributed by atoms with Crippen LogP contribution in [0.4, 0.5) is 0 Å². The Morgan fingerprint density at radius 3 is 0.978 bits per heavy atom. The number of hydrogen-bond acceptors (Lipinski definition) is 0. The molecule has 0 saturated heterocycles. The summed E-state index contributed by atoms with van der Waals surface area (Å²) in [5.74, 6) is -1.21. The fourth-order valence-electron chi connectivity index (χ4n) is 8.08. The molecule has 4 aliphatic carbocycles. The van der Waals surface area contributed by atoms with Crippen LogP contribution in [-0.4, -0.2) is 12.0 Å². The Bertz CT molecular complexity index is 1600. The molecule has 0 saturated carbocycles. The van der Waals surface area contributed by atoms with Gasteiger partial charge in [0.2, 0.25) is 0 Å². The summed E-state index contributed by atoms with van der Waals surface area (Å²) in [5.41, 5.74) is 12.6. The van der Waals surface area contributed by atoms with Gasteiger partial charge in [0.1, 0.15) is 0 Å². The van der Waals surface area contributed by atoms with Crippen molar-refractivity contribution in [3.8, 4) is 22.3 Å². The van der Waals surface area contributed by atoms with Gasteiger partial charge in [0, 0.05) is 0 Å². The molecule has 46 heavy (non-hydrogen) atoms. The molecule has 0 radical (unpaired) electrons. The van der Waals surface area contributed by atoms with Crippen molar-refractivity contribution in [2.45, 2.75) is 46.4 Å². The maximum Gasteiger partial charge on any atom is -1.00 e. The molecule has 4 aromatic rings. The average Bonchev–Trinajstić information content (AvgIpc) is 3.86. The first-order chi connectivity index (χ1) is 21.5. The number of hydrogen-bond donors (Lipinski definition) is 0. The van der Waals surface area contributed by atoms with Crippen LogP contribution in [0.3, 0.4) is 0 Å². The van der Waals surface area contributed by atoms with Gasteiger partial charge in [0.05, 0.1) is 0 Å². The molecule has 0 N–H and O–H groups in total. The molecule has 0 fully saturated rings. The van der Waals surface area contributed by atoms with Gasteiger partial charge in [-0.1, -0.05) is 0 Å². The predicted molar refractivity (Wildman–Crippen MR) is 189 cm³/mol. The summed E-state index contributed by atoms with van der Waals surface area (Å²) >= 11 is -3.68. The van der Waals surface area contributed by atoms with E-state index in [4.69, 9.17) is 0 Å². The quantitative estimate of drug-likeness (QED) is 0.252. The molecule has 8 rings (SSSR count). The molecule has 232 valence electrons. The van der Waals surface area contributed by atoms with Gasteiger partial charge < -0.3 is 24.8 Å². The summed E-state index contributed by atoms with van der Waals surface area (Å²) < 4.78 is 5.27. The zero-order valence-corrected chi connectivity index (χ0v) is 38.2. The van der Waals surface area contributed by atoms with Gasteiger partial charge in [-0.3, -0.25) is 0 Å². The van der Waals surface area contributed by atoms with Crippen molar-refractivity contribution in [2.75, 3.05) is 0 Å². The van der Waals surface area contributed by atoms with Crippen LogP contribution in [0.15, 0.2) is 140 Å². The van der Waals surface area contributed by atoms with Crippen LogP contribution in [0.25, 0.3) is 22.3 Å². The van der Waals surface area contributed by atoms with Crippen molar-refractivity contribution >= 4 is 12.0 Å². The third kappa shape index (κ3) is 6.74. The second-order valence-electron chi connectivity index (χ2n) is 13.1. The Morgan fingerprint density at radius 2 is 0.739 bits per heavy atom. The molecule has 0 aromatic heterocycles. The Kier molecular flexibility index (Phi) is 12.4. The number of fused-ring (bicyclic) bond motifs is 6. The first-order valence-corrected chi connectivity index (χ1v) is 42.3. The van der Waals surface area contributed by atoms with E-state index in [9.17, 15) is 0 Å². The zero-order chi connectivity index (χ0) is 30.2. The Morgan fingerprint density at radius 1 is 0.457 bits per heavy atom. The molecule has 0 bridgehead atoms. The second-order valence-corrected chi connectivity index (χ2v) is 68.1. The zero-order valence-electron chi connectivity index (χ0n) is 27.2. The first kappa shape index (κ1) is 35.9. The Balaban J connectivity index is 0.000000174. The summed E-state index contributed by atoms with van der Waals surface area (Å²) in [6.07, 6.45) is 16.7. The van der Waals surface area contributed by atoms with E-state index in [0.29, 0.717) is 0 Å². The van der Waals surface area contributed by atoms with Crippen molar-refractivity contribution in [3.63, 3.8) is 0 Å². The smallest absolute Gasteiger partial charge is 1.00 e. The minimum atomic E-state index is -1.84. The van der Waals surface area contributed by atoms with Gasteiger partial charge in [-0.05, 0) is 0 Å². The summed E-state index contributed by atoms with van der Waals surface area (Å²) in [4.78, 5) is 0. The summed E-state index contributed by atoms with van der Waals surface area (Å²) in [6, 6.07) is 36.7. The summed E-state index contributed by atoms with van der Waals surface area (Å²) in [6.45, 7) is 10.4. The van der Waals surface area contributed by atoms with Gasteiger partial charge in [0.15, 0.2) is 0 Å². The number of rotatable bonds is 6. The van der Waals surface area contributed by atoms with Gasteiger partial charge in [0.25, 0.3) is 0 Å². The van der Waals surface area contributed by atoms with E-state index in [1.165, 1.54) is 35.1 Å². The van der Waals surface area contributed by atoms with Crippen LogP contribution >= 0.6 is 0 Å². The summed E-state index contributed by atoms with van der Waals surface area (Å²) in [7, 11) is 0. The number of allylic oxidation sites excluding steroid dienone is 8. The molecule has 0 heterocycles. The van der Waals surface area contributed by atoms with E-state index in [1.807, 2.05) is 6.66 Å². The molecular formula is C40H42Cl2Hf2Si2. The maximum absolute atomic E-state index is 2.60. The van der Waals surface area contributed by atoms with Crippen LogP contribution in [0, 0.1) is 0 Å². The topological polar surface area (TPSA) is 0 Å². The third-order valence-corrected chi connectivity index (χ3v) is 67.6. The van der Waals surface area contributed by atoms with Crippen LogP contribution < -0.4 is 24.8 Å². The van der Waals surface area contributed by atoms with E-state index < -0.39 is 53.2 Å². The summed E-state index contributed by atoms with van der Waals surface area (Å²) in [5, 5.41) is 0. The van der Waals surface area contributed by atoms with Gasteiger partial charge >= 0.3 is 284 Å². The second kappa shape index (κ2) is 15.9. The fraction of sp³-hybridized carbons (Fsp3) is 0.200. The van der Waals surface area contributed by atoms with Gasteiger partial charge in [-0.2, -0.15) is 0 Å². The predicted octanol–water partition coefficient (Wildman–Crippen LogP) is 4.41. The van der Waals surface area contributed by atoms with Crippen LogP contribution in [0.2, 0.25) is 26.2 Å². The molecule has 4 aromatic carbocycles. The average molecular weight is 1010 g/mol. The SMILES string of the molecule is C[SiH](C)[Hf+]([C]1=CC=CC1)[CH]1c2ccccc2-c2ccccc21.C[SiH](C)[Hf+]([C]1=CC=CC1)[CH]1c2ccccc2-c2ccccc21.[Cl-].[Cl-]. The van der Waals surface area contributed by atoms with Crippen molar-refractivity contribution in [1.82, 2.24) is 0 Å². The van der Waals surface area contributed by atoms with E-state index in [1.54, 1.807) is 22.3 Å². The van der Waals surface area contributed by atoms with Crippen LogP contribution in [-0.2, 0) is 41.2 Å². The van der Waals surface area contributed by atoms with Gasteiger partial charge in [-0.25, -0.2) is 0 Å². The van der Waals surface area contributed by atoms with E-state index in [2.05, 4.69) is 160 Å². The van der Waals surface area contributed by atoms with Crippen LogP contribution in [0.5, 0.6) is 0 Å². The Hall–Kier alpha value is -1.41. The standard InChI is InChI=1S/2C13H9.2C5H5.2C2H7Si.2ClH.2Hf/c2*1-3-7-12-10(5-1)9-11-6-2-4-8-13(11)12;2*1-2-4-5-3-1;2*1-3-2;;;;/h2*1-9H;2*1-3H,4H2;2*3H,1-2H3;2*1H;;/q;;;;;;;;2*+1/p-2. The molecule has 0 amide bonds. The molecule has 0 atom stereocenters. The van der Waals surface area contributed by atoms with Crippen molar-refractivity contribution in [3.05, 3.63) is 162 Å². The van der Waals surface area contributed by atoms with Crippen molar-refractivity contribution in [2.24, 2.45) is 0 Å². The molecule has 6 heteroatoms. The van der Waals surface area contributed by atoms with E-state index >= 15 is 0 Å². The number of benzene rings is 4. The molecule has 0 spiro atoms. The van der Waals surface area contributed by atoms with Crippen LogP contribution in [0.1, 0.15) is 42.4 Å². The molecule has 0 nitrogen and oxygen atoms in total. The fourth-order valence-corrected chi connectivity index (χ4v) is 66.4. The minimum Gasteiger partial charge on any atom is -1.00 e. The third-order valence-electron chi connectivity index (χ3n) is 9.82. The minimum absolute atomic E-state index is 0. The number of halogens is 2. The monoisotopic (exact) mass is 1010 g/mol. The Labute approximate surface area is 305 Å². The molecular weight excluding hydrogens is 964 g/mol. The van der Waals surface area contributed by atoms with E-state index in [-0.39, 0.29) is 24.8 Å². The van der Waals surface area contributed by atoms with Gasteiger partial charge in [-0.15, -0.1) is 0 Å². The normalized spacial score (nSPS) is 15.2. The largest absolute Gasteiger partial charge is 1.00 e. The van der Waals surface area contributed by atoms with Crippen molar-refractivity contribution in [1.29, 1.82) is 0 Å². The molecule has 0 aliphatic heterocycles. The van der Waals surface area contributed by atoms with Crippen molar-refractivity contribution < 1.29 is 66.0 Å².